The van der Waals surface area contributed by atoms with Crippen molar-refractivity contribution in [1.82, 2.24) is 10.3 Å². The summed E-state index contributed by atoms with van der Waals surface area (Å²) in [4.78, 5) is 5.56. The molecule has 1 N–H and O–H groups in total. The molecule has 1 heterocycles. The van der Waals surface area contributed by atoms with Crippen molar-refractivity contribution in [3.05, 3.63) is 45.9 Å². The van der Waals surface area contributed by atoms with E-state index in [-0.39, 0.29) is 0 Å². The monoisotopic (exact) mass is 304 g/mol. The zero-order valence-electron chi connectivity index (χ0n) is 13.1. The highest BCUT2D eigenvalue weighted by Crippen LogP contribution is 2.15. The summed E-state index contributed by atoms with van der Waals surface area (Å²) in [6.45, 7) is 9.15. The van der Waals surface area contributed by atoms with Crippen LogP contribution in [0.1, 0.15) is 30.0 Å². The van der Waals surface area contributed by atoms with Crippen molar-refractivity contribution >= 4 is 11.3 Å². The fraction of sp³-hybridized carbons (Fsp3) is 0.471. The Morgan fingerprint density at radius 2 is 2.00 bits per heavy atom. The van der Waals surface area contributed by atoms with E-state index in [0.717, 1.165) is 31.0 Å². The van der Waals surface area contributed by atoms with Crippen LogP contribution < -0.4 is 10.1 Å². The molecule has 0 spiro atoms. The Morgan fingerprint density at radius 3 is 2.62 bits per heavy atom. The molecule has 0 aliphatic carbocycles. The van der Waals surface area contributed by atoms with Gasteiger partial charge in [-0.1, -0.05) is 26.0 Å². The molecule has 2 aromatic rings. The first-order chi connectivity index (χ1) is 10.1. The van der Waals surface area contributed by atoms with Crippen LogP contribution >= 0.6 is 11.3 Å². The Balaban J connectivity index is 1.73. The van der Waals surface area contributed by atoms with Gasteiger partial charge in [-0.2, -0.15) is 0 Å². The van der Waals surface area contributed by atoms with Crippen LogP contribution in [-0.2, 0) is 13.0 Å². The maximum Gasteiger partial charge on any atom is 0.119 e. The van der Waals surface area contributed by atoms with Crippen molar-refractivity contribution in [3.8, 4) is 5.75 Å². The number of rotatable bonds is 8. The standard InChI is InChI=1S/C17H24N2OS/c1-13(2)10-18-11-15-4-6-16(7-5-15)20-9-8-17-14(3)19-12-21-17/h4-7,12-13,18H,8-11H2,1-3H3. The second kappa shape index (κ2) is 8.15. The molecule has 0 unspecified atom stereocenters. The van der Waals surface area contributed by atoms with Gasteiger partial charge < -0.3 is 10.1 Å². The second-order valence-corrected chi connectivity index (χ2v) is 6.57. The predicted octanol–water partition coefficient (Wildman–Crippen LogP) is 3.82. The van der Waals surface area contributed by atoms with E-state index in [1.807, 2.05) is 24.6 Å². The molecule has 1 aromatic heterocycles. The summed E-state index contributed by atoms with van der Waals surface area (Å²) in [6, 6.07) is 8.35. The lowest BCUT2D eigenvalue weighted by Crippen LogP contribution is -2.18. The van der Waals surface area contributed by atoms with Gasteiger partial charge in [0.05, 0.1) is 17.8 Å². The third-order valence-electron chi connectivity index (χ3n) is 3.25. The normalized spacial score (nSPS) is 11.0. The molecule has 0 aliphatic heterocycles. The number of nitrogens with zero attached hydrogens (tertiary/aromatic N) is 1. The molecular formula is C17H24N2OS. The van der Waals surface area contributed by atoms with Crippen molar-refractivity contribution in [2.75, 3.05) is 13.2 Å². The van der Waals surface area contributed by atoms with Gasteiger partial charge in [-0.05, 0) is 37.1 Å². The van der Waals surface area contributed by atoms with Crippen LogP contribution in [0.15, 0.2) is 29.8 Å². The number of thiazole rings is 1. The number of nitrogens with one attached hydrogen (secondary N) is 1. The zero-order chi connectivity index (χ0) is 15.1. The Kier molecular flexibility index (Phi) is 6.21. The maximum absolute atomic E-state index is 5.79. The van der Waals surface area contributed by atoms with Gasteiger partial charge in [0.25, 0.3) is 0 Å². The number of benzene rings is 1. The molecular weight excluding hydrogens is 280 g/mol. The lowest BCUT2D eigenvalue weighted by molar-refractivity contribution is 0.322. The minimum atomic E-state index is 0.683. The lowest BCUT2D eigenvalue weighted by atomic mass is 10.2. The van der Waals surface area contributed by atoms with Crippen molar-refractivity contribution in [1.29, 1.82) is 0 Å². The van der Waals surface area contributed by atoms with Gasteiger partial charge in [0, 0.05) is 17.8 Å². The van der Waals surface area contributed by atoms with Crippen LogP contribution in [0.25, 0.3) is 0 Å². The summed E-state index contributed by atoms with van der Waals surface area (Å²) in [7, 11) is 0. The van der Waals surface area contributed by atoms with Crippen LogP contribution in [0.5, 0.6) is 5.75 Å². The molecule has 0 saturated heterocycles. The summed E-state index contributed by atoms with van der Waals surface area (Å²) in [5.74, 6) is 1.62. The molecule has 2 rings (SSSR count). The van der Waals surface area contributed by atoms with Gasteiger partial charge in [-0.15, -0.1) is 11.3 Å². The first-order valence-corrected chi connectivity index (χ1v) is 8.34. The van der Waals surface area contributed by atoms with E-state index in [1.165, 1.54) is 10.4 Å². The SMILES string of the molecule is Cc1ncsc1CCOc1ccc(CNCC(C)C)cc1. The number of hydrogen-bond acceptors (Lipinski definition) is 4. The highest BCUT2D eigenvalue weighted by Gasteiger charge is 2.02. The Labute approximate surface area is 131 Å². The highest BCUT2D eigenvalue weighted by atomic mass is 32.1. The summed E-state index contributed by atoms with van der Waals surface area (Å²) in [6.07, 6.45) is 0.925. The molecule has 0 radical (unpaired) electrons. The van der Waals surface area contributed by atoms with Crippen molar-refractivity contribution in [2.45, 2.75) is 33.7 Å². The van der Waals surface area contributed by atoms with Crippen LogP contribution in [0.3, 0.4) is 0 Å². The molecule has 0 atom stereocenters. The van der Waals surface area contributed by atoms with E-state index in [1.54, 1.807) is 11.3 Å². The van der Waals surface area contributed by atoms with Crippen LogP contribution in [-0.4, -0.2) is 18.1 Å². The zero-order valence-corrected chi connectivity index (χ0v) is 13.9. The summed E-state index contributed by atoms with van der Waals surface area (Å²) in [5.41, 5.74) is 4.31. The van der Waals surface area contributed by atoms with E-state index in [4.69, 9.17) is 4.74 Å². The summed E-state index contributed by atoms with van der Waals surface area (Å²) >= 11 is 1.70. The molecule has 114 valence electrons. The Hall–Kier alpha value is -1.39. The smallest absolute Gasteiger partial charge is 0.119 e. The van der Waals surface area contributed by atoms with E-state index in [2.05, 4.69) is 36.3 Å². The molecule has 0 bridgehead atoms. The van der Waals surface area contributed by atoms with Gasteiger partial charge in [-0.25, -0.2) is 4.98 Å². The predicted molar refractivity (Wildman–Crippen MR) is 89.0 cm³/mol. The van der Waals surface area contributed by atoms with E-state index in [0.29, 0.717) is 12.5 Å². The fourth-order valence-corrected chi connectivity index (χ4v) is 2.80. The van der Waals surface area contributed by atoms with Crippen LogP contribution in [0.2, 0.25) is 0 Å². The van der Waals surface area contributed by atoms with Gasteiger partial charge in [0.2, 0.25) is 0 Å². The first kappa shape index (κ1) is 16.0. The van der Waals surface area contributed by atoms with Gasteiger partial charge in [0.1, 0.15) is 5.75 Å². The fourth-order valence-electron chi connectivity index (χ4n) is 2.04. The van der Waals surface area contributed by atoms with Crippen molar-refractivity contribution in [3.63, 3.8) is 0 Å². The maximum atomic E-state index is 5.79. The van der Waals surface area contributed by atoms with E-state index in [9.17, 15) is 0 Å². The number of hydrogen-bond donors (Lipinski definition) is 1. The lowest BCUT2D eigenvalue weighted by Gasteiger charge is -2.09. The topological polar surface area (TPSA) is 34.1 Å². The average Bonchev–Trinajstić information content (AvgIpc) is 2.86. The largest absolute Gasteiger partial charge is 0.493 e. The first-order valence-electron chi connectivity index (χ1n) is 7.46. The van der Waals surface area contributed by atoms with Crippen molar-refractivity contribution in [2.24, 2.45) is 5.92 Å². The summed E-state index contributed by atoms with van der Waals surface area (Å²) in [5, 5.41) is 3.44. The average molecular weight is 304 g/mol. The molecule has 1 aromatic carbocycles. The van der Waals surface area contributed by atoms with Crippen LogP contribution in [0.4, 0.5) is 0 Å². The van der Waals surface area contributed by atoms with Gasteiger partial charge in [-0.3, -0.25) is 0 Å². The number of ether oxygens (including phenoxy) is 1. The van der Waals surface area contributed by atoms with E-state index >= 15 is 0 Å². The second-order valence-electron chi connectivity index (χ2n) is 5.63. The third kappa shape index (κ3) is 5.48. The Bertz CT molecular complexity index is 534. The quantitative estimate of drug-likeness (QED) is 0.805. The molecule has 0 fully saturated rings. The molecule has 0 saturated carbocycles. The van der Waals surface area contributed by atoms with Crippen LogP contribution in [0, 0.1) is 12.8 Å². The Morgan fingerprint density at radius 1 is 1.24 bits per heavy atom. The third-order valence-corrected chi connectivity index (χ3v) is 4.24. The minimum Gasteiger partial charge on any atom is -0.493 e. The van der Waals surface area contributed by atoms with Gasteiger partial charge in [0.15, 0.2) is 0 Å². The molecule has 21 heavy (non-hydrogen) atoms. The molecule has 0 amide bonds. The number of aryl methyl sites for hydroxylation is 1. The molecule has 3 nitrogen and oxygen atoms in total. The highest BCUT2D eigenvalue weighted by molar-refractivity contribution is 7.09. The van der Waals surface area contributed by atoms with Gasteiger partial charge >= 0.3 is 0 Å². The molecule has 0 aliphatic rings. The summed E-state index contributed by atoms with van der Waals surface area (Å²) < 4.78 is 5.79. The number of aromatic nitrogens is 1. The molecule has 4 heteroatoms. The van der Waals surface area contributed by atoms with E-state index < -0.39 is 0 Å². The minimum absolute atomic E-state index is 0.683. The van der Waals surface area contributed by atoms with Crippen molar-refractivity contribution < 1.29 is 4.74 Å².